The SMILES string of the molecule is CC1CC(N)CN(C(=O)c2cc(Br)cn2C2CC2)C1. The number of carbonyl (C=O) groups excluding carboxylic acids is 1. The van der Waals surface area contributed by atoms with Crippen molar-refractivity contribution in [1.29, 1.82) is 0 Å². The summed E-state index contributed by atoms with van der Waals surface area (Å²) in [5.74, 6) is 0.611. The molecule has 0 bridgehead atoms. The molecule has 104 valence electrons. The number of amides is 1. The van der Waals surface area contributed by atoms with E-state index < -0.39 is 0 Å². The molecule has 19 heavy (non-hydrogen) atoms. The van der Waals surface area contributed by atoms with Gasteiger partial charge in [-0.2, -0.15) is 0 Å². The van der Waals surface area contributed by atoms with E-state index in [1.807, 2.05) is 17.2 Å². The molecule has 4 nitrogen and oxygen atoms in total. The molecule has 2 atom stereocenters. The van der Waals surface area contributed by atoms with Gasteiger partial charge in [-0.3, -0.25) is 4.79 Å². The molecule has 0 radical (unpaired) electrons. The van der Waals surface area contributed by atoms with E-state index in [9.17, 15) is 4.79 Å². The van der Waals surface area contributed by atoms with E-state index in [1.54, 1.807) is 0 Å². The Morgan fingerprint density at radius 1 is 1.42 bits per heavy atom. The highest BCUT2D eigenvalue weighted by Gasteiger charge is 2.32. The molecule has 1 aliphatic carbocycles. The standard InChI is InChI=1S/C14H20BrN3O/c1-9-4-11(16)8-17(6-9)14(19)13-5-10(15)7-18(13)12-2-3-12/h5,7,9,11-12H,2-4,6,8,16H2,1H3. The fraction of sp³-hybridized carbons (Fsp3) is 0.643. The van der Waals surface area contributed by atoms with Crippen molar-refractivity contribution in [2.75, 3.05) is 13.1 Å². The minimum absolute atomic E-state index is 0.112. The smallest absolute Gasteiger partial charge is 0.270 e. The largest absolute Gasteiger partial charge is 0.339 e. The Hall–Kier alpha value is -0.810. The number of rotatable bonds is 2. The maximum atomic E-state index is 12.7. The lowest BCUT2D eigenvalue weighted by Gasteiger charge is -2.35. The van der Waals surface area contributed by atoms with Crippen LogP contribution >= 0.6 is 15.9 Å². The Kier molecular flexibility index (Phi) is 3.43. The summed E-state index contributed by atoms with van der Waals surface area (Å²) in [6.07, 6.45) is 5.39. The van der Waals surface area contributed by atoms with E-state index in [2.05, 4.69) is 27.4 Å². The summed E-state index contributed by atoms with van der Waals surface area (Å²) in [5, 5.41) is 0. The normalized spacial score (nSPS) is 27.6. The third-order valence-electron chi connectivity index (χ3n) is 3.95. The first-order valence-electron chi connectivity index (χ1n) is 6.97. The van der Waals surface area contributed by atoms with Crippen molar-refractivity contribution >= 4 is 21.8 Å². The van der Waals surface area contributed by atoms with E-state index in [0.29, 0.717) is 18.5 Å². The van der Waals surface area contributed by atoms with Gasteiger partial charge in [0.25, 0.3) is 5.91 Å². The van der Waals surface area contributed by atoms with E-state index in [4.69, 9.17) is 5.73 Å². The van der Waals surface area contributed by atoms with Crippen molar-refractivity contribution in [2.45, 2.75) is 38.3 Å². The van der Waals surface area contributed by atoms with Gasteiger partial charge in [0.1, 0.15) is 5.69 Å². The number of hydrogen-bond donors (Lipinski definition) is 1. The molecule has 5 heteroatoms. The van der Waals surface area contributed by atoms with E-state index >= 15 is 0 Å². The lowest BCUT2D eigenvalue weighted by molar-refractivity contribution is 0.0650. The van der Waals surface area contributed by atoms with Crippen LogP contribution in [-0.2, 0) is 0 Å². The highest BCUT2D eigenvalue weighted by atomic mass is 79.9. The average Bonchev–Trinajstić information content (AvgIpc) is 3.10. The van der Waals surface area contributed by atoms with Crippen LogP contribution in [0, 0.1) is 5.92 Å². The third kappa shape index (κ3) is 2.72. The number of aromatic nitrogens is 1. The number of carbonyl (C=O) groups is 1. The summed E-state index contributed by atoms with van der Waals surface area (Å²) in [6.45, 7) is 3.66. The molecule has 2 unspecified atom stereocenters. The van der Waals surface area contributed by atoms with Crippen LogP contribution < -0.4 is 5.73 Å². The zero-order valence-electron chi connectivity index (χ0n) is 11.2. The molecule has 1 saturated carbocycles. The number of halogens is 1. The molecule has 2 fully saturated rings. The Balaban J connectivity index is 1.83. The lowest BCUT2D eigenvalue weighted by atomic mass is 9.96. The van der Waals surface area contributed by atoms with E-state index in [0.717, 1.165) is 23.1 Å². The Morgan fingerprint density at radius 2 is 2.16 bits per heavy atom. The van der Waals surface area contributed by atoms with Gasteiger partial charge in [0.2, 0.25) is 0 Å². The van der Waals surface area contributed by atoms with Gasteiger partial charge in [-0.1, -0.05) is 6.92 Å². The van der Waals surface area contributed by atoms with Crippen molar-refractivity contribution in [3.63, 3.8) is 0 Å². The molecular weight excluding hydrogens is 306 g/mol. The fourth-order valence-electron chi connectivity index (χ4n) is 3.00. The van der Waals surface area contributed by atoms with Gasteiger partial charge in [0.05, 0.1) is 0 Å². The number of likely N-dealkylation sites (tertiary alicyclic amines) is 1. The highest BCUT2D eigenvalue weighted by molar-refractivity contribution is 9.10. The first-order chi connectivity index (χ1) is 9.04. The van der Waals surface area contributed by atoms with Crippen LogP contribution in [0.4, 0.5) is 0 Å². The summed E-state index contributed by atoms with van der Waals surface area (Å²) < 4.78 is 3.11. The predicted octanol–water partition coefficient (Wildman–Crippen LogP) is 2.39. The van der Waals surface area contributed by atoms with Crippen LogP contribution in [-0.4, -0.2) is 34.5 Å². The summed E-state index contributed by atoms with van der Waals surface area (Å²) >= 11 is 3.48. The summed E-state index contributed by atoms with van der Waals surface area (Å²) in [5.41, 5.74) is 6.84. The van der Waals surface area contributed by atoms with E-state index in [1.165, 1.54) is 12.8 Å². The number of nitrogens with two attached hydrogens (primary N) is 1. The van der Waals surface area contributed by atoms with Crippen molar-refractivity contribution in [3.05, 3.63) is 22.4 Å². The summed E-state index contributed by atoms with van der Waals surface area (Å²) in [4.78, 5) is 14.6. The molecule has 0 aromatic carbocycles. The maximum absolute atomic E-state index is 12.7. The number of hydrogen-bond acceptors (Lipinski definition) is 2. The predicted molar refractivity (Wildman–Crippen MR) is 78.1 cm³/mol. The van der Waals surface area contributed by atoms with Crippen LogP contribution in [0.3, 0.4) is 0 Å². The molecule has 2 aliphatic rings. The molecule has 2 N–H and O–H groups in total. The topological polar surface area (TPSA) is 51.3 Å². The molecule has 1 aromatic heterocycles. The van der Waals surface area contributed by atoms with Gasteiger partial charge in [-0.25, -0.2) is 0 Å². The second-order valence-electron chi connectivity index (χ2n) is 5.99. The van der Waals surface area contributed by atoms with Crippen molar-refractivity contribution in [3.8, 4) is 0 Å². The van der Waals surface area contributed by atoms with Gasteiger partial charge < -0.3 is 15.2 Å². The minimum Gasteiger partial charge on any atom is -0.339 e. The molecule has 3 rings (SSSR count). The van der Waals surface area contributed by atoms with Gasteiger partial charge >= 0.3 is 0 Å². The van der Waals surface area contributed by atoms with Crippen LogP contribution in [0.15, 0.2) is 16.7 Å². The first-order valence-corrected chi connectivity index (χ1v) is 7.76. The zero-order chi connectivity index (χ0) is 13.6. The maximum Gasteiger partial charge on any atom is 0.270 e. The van der Waals surface area contributed by atoms with Crippen LogP contribution in [0.2, 0.25) is 0 Å². The van der Waals surface area contributed by atoms with Crippen molar-refractivity contribution in [1.82, 2.24) is 9.47 Å². The van der Waals surface area contributed by atoms with Crippen molar-refractivity contribution < 1.29 is 4.79 Å². The van der Waals surface area contributed by atoms with Crippen LogP contribution in [0.1, 0.15) is 42.7 Å². The molecule has 1 aliphatic heterocycles. The van der Waals surface area contributed by atoms with Crippen LogP contribution in [0.5, 0.6) is 0 Å². The van der Waals surface area contributed by atoms with Gasteiger partial charge in [-0.05, 0) is 47.2 Å². The summed E-state index contributed by atoms with van der Waals surface area (Å²) in [7, 11) is 0. The first kappa shape index (κ1) is 13.2. The average molecular weight is 326 g/mol. The monoisotopic (exact) mass is 325 g/mol. The minimum atomic E-state index is 0.112. The highest BCUT2D eigenvalue weighted by Crippen LogP contribution is 2.38. The van der Waals surface area contributed by atoms with Crippen molar-refractivity contribution in [2.24, 2.45) is 11.7 Å². The summed E-state index contributed by atoms with van der Waals surface area (Å²) in [6, 6.07) is 2.56. The fourth-order valence-corrected chi connectivity index (χ4v) is 3.44. The van der Waals surface area contributed by atoms with Gasteiger partial charge in [-0.15, -0.1) is 0 Å². The number of piperidine rings is 1. The Labute approximate surface area is 122 Å². The molecule has 1 aromatic rings. The zero-order valence-corrected chi connectivity index (χ0v) is 12.8. The lowest BCUT2D eigenvalue weighted by Crippen LogP contribution is -2.49. The molecule has 2 heterocycles. The van der Waals surface area contributed by atoms with E-state index in [-0.39, 0.29) is 11.9 Å². The second-order valence-corrected chi connectivity index (χ2v) is 6.91. The molecule has 1 amide bonds. The van der Waals surface area contributed by atoms with Crippen LogP contribution in [0.25, 0.3) is 0 Å². The third-order valence-corrected chi connectivity index (χ3v) is 4.39. The quantitative estimate of drug-likeness (QED) is 0.907. The van der Waals surface area contributed by atoms with Gasteiger partial charge in [0, 0.05) is 35.8 Å². The van der Waals surface area contributed by atoms with Gasteiger partial charge in [0.15, 0.2) is 0 Å². The second kappa shape index (κ2) is 4.94. The molecule has 0 spiro atoms. The number of nitrogens with zero attached hydrogens (tertiary/aromatic N) is 2. The Bertz CT molecular complexity index is 485. The Morgan fingerprint density at radius 3 is 2.79 bits per heavy atom. The molecular formula is C14H20BrN3O. The molecule has 1 saturated heterocycles.